The molecule has 1 amide bonds. The Morgan fingerprint density at radius 3 is 2.67 bits per heavy atom. The summed E-state index contributed by atoms with van der Waals surface area (Å²) in [6, 6.07) is 13.2. The molecule has 0 spiro atoms. The minimum Gasteiger partial charge on any atom is -0.452 e. The van der Waals surface area contributed by atoms with E-state index in [1.165, 1.54) is 0 Å². The number of aromatic nitrogens is 1. The van der Waals surface area contributed by atoms with Crippen LogP contribution in [0.3, 0.4) is 0 Å². The molecule has 0 bridgehead atoms. The molecular formula is C27H29BrN2O3. The highest BCUT2D eigenvalue weighted by Gasteiger charge is 2.33. The van der Waals surface area contributed by atoms with Crippen LogP contribution in [0.4, 0.5) is 5.69 Å². The fourth-order valence-electron chi connectivity index (χ4n) is 4.52. The molecule has 1 aliphatic carbocycles. The number of anilines is 1. The smallest absolute Gasteiger partial charge is 0.339 e. The van der Waals surface area contributed by atoms with Gasteiger partial charge >= 0.3 is 5.97 Å². The maximum atomic E-state index is 13.3. The van der Waals surface area contributed by atoms with Gasteiger partial charge in [-0.15, -0.1) is 0 Å². The molecule has 172 valence electrons. The summed E-state index contributed by atoms with van der Waals surface area (Å²) >= 11 is 3.42. The summed E-state index contributed by atoms with van der Waals surface area (Å²) in [6.45, 7) is 8.28. The maximum absolute atomic E-state index is 13.3. The third-order valence-electron chi connectivity index (χ3n) is 6.48. The molecule has 1 atom stereocenters. The first-order valence-corrected chi connectivity index (χ1v) is 12.1. The second-order valence-electron chi connectivity index (χ2n) is 9.82. The van der Waals surface area contributed by atoms with E-state index in [1.54, 1.807) is 0 Å². The molecule has 0 radical (unpaired) electrons. The highest BCUT2D eigenvalue weighted by Crippen LogP contribution is 2.39. The molecule has 0 saturated carbocycles. The van der Waals surface area contributed by atoms with Crippen LogP contribution < -0.4 is 5.32 Å². The predicted molar refractivity (Wildman–Crippen MR) is 135 cm³/mol. The predicted octanol–water partition coefficient (Wildman–Crippen LogP) is 6.25. The fourth-order valence-corrected chi connectivity index (χ4v) is 4.99. The number of amides is 1. The Labute approximate surface area is 203 Å². The number of para-hydroxylation sites is 1. The topological polar surface area (TPSA) is 68.3 Å². The molecule has 0 aliphatic heterocycles. The van der Waals surface area contributed by atoms with E-state index >= 15 is 0 Å². The number of pyridine rings is 1. The molecule has 6 heteroatoms. The number of benzene rings is 2. The summed E-state index contributed by atoms with van der Waals surface area (Å²) in [7, 11) is 0. The Hall–Kier alpha value is -2.73. The van der Waals surface area contributed by atoms with E-state index in [0.29, 0.717) is 17.2 Å². The van der Waals surface area contributed by atoms with Crippen molar-refractivity contribution >= 4 is 44.4 Å². The molecule has 1 N–H and O–H groups in total. The van der Waals surface area contributed by atoms with Crippen LogP contribution in [0.15, 0.2) is 46.9 Å². The average Bonchev–Trinajstić information content (AvgIpc) is 2.76. The van der Waals surface area contributed by atoms with E-state index in [1.807, 2.05) is 49.4 Å². The van der Waals surface area contributed by atoms with Crippen molar-refractivity contribution in [2.75, 3.05) is 11.9 Å². The molecule has 2 aromatic carbocycles. The van der Waals surface area contributed by atoms with E-state index < -0.39 is 5.97 Å². The van der Waals surface area contributed by atoms with E-state index in [-0.39, 0.29) is 17.9 Å². The first kappa shape index (κ1) is 23.4. The van der Waals surface area contributed by atoms with Crippen molar-refractivity contribution < 1.29 is 14.3 Å². The van der Waals surface area contributed by atoms with Gasteiger partial charge in [0.2, 0.25) is 0 Å². The molecule has 1 aromatic heterocycles. The maximum Gasteiger partial charge on any atom is 0.339 e. The van der Waals surface area contributed by atoms with E-state index in [0.717, 1.165) is 51.5 Å². The van der Waals surface area contributed by atoms with E-state index in [2.05, 4.69) is 42.0 Å². The lowest BCUT2D eigenvalue weighted by Gasteiger charge is -2.35. The first-order valence-electron chi connectivity index (χ1n) is 11.3. The molecule has 3 aromatic rings. The van der Waals surface area contributed by atoms with Crippen LogP contribution in [-0.2, 0) is 22.4 Å². The van der Waals surface area contributed by atoms with Crippen LogP contribution in [0, 0.1) is 18.3 Å². The van der Waals surface area contributed by atoms with Crippen molar-refractivity contribution in [2.45, 2.75) is 47.0 Å². The minimum absolute atomic E-state index is 0.132. The molecule has 5 nitrogen and oxygen atoms in total. The summed E-state index contributed by atoms with van der Waals surface area (Å²) < 4.78 is 6.47. The normalized spacial score (nSPS) is 15.7. The van der Waals surface area contributed by atoms with Gasteiger partial charge in [0.05, 0.1) is 11.1 Å². The number of halogens is 1. The van der Waals surface area contributed by atoms with Gasteiger partial charge in [0, 0.05) is 21.2 Å². The van der Waals surface area contributed by atoms with Crippen molar-refractivity contribution in [1.82, 2.24) is 4.98 Å². The Kier molecular flexibility index (Phi) is 6.57. The molecule has 1 unspecified atom stereocenters. The number of nitrogens with one attached hydrogen (secondary N) is 1. The number of carbonyl (C=O) groups excluding carboxylic acids is 2. The lowest BCUT2D eigenvalue weighted by atomic mass is 9.70. The highest BCUT2D eigenvalue weighted by atomic mass is 79.9. The quantitative estimate of drug-likeness (QED) is 0.422. The van der Waals surface area contributed by atoms with Crippen LogP contribution in [0.5, 0.6) is 0 Å². The molecule has 1 aliphatic rings. The van der Waals surface area contributed by atoms with Gasteiger partial charge in [0.25, 0.3) is 5.91 Å². The van der Waals surface area contributed by atoms with Crippen molar-refractivity contribution in [3.05, 3.63) is 69.3 Å². The first-order chi connectivity index (χ1) is 15.6. The van der Waals surface area contributed by atoms with Crippen molar-refractivity contribution in [3.63, 3.8) is 0 Å². The van der Waals surface area contributed by atoms with Crippen LogP contribution in [0.2, 0.25) is 0 Å². The Balaban J connectivity index is 1.59. The van der Waals surface area contributed by atoms with Gasteiger partial charge in [-0.2, -0.15) is 0 Å². The summed E-state index contributed by atoms with van der Waals surface area (Å²) in [4.78, 5) is 30.7. The molecular weight excluding hydrogens is 480 g/mol. The molecule has 1 heterocycles. The third-order valence-corrected chi connectivity index (χ3v) is 6.98. The number of nitrogens with zero attached hydrogens (tertiary/aromatic N) is 1. The summed E-state index contributed by atoms with van der Waals surface area (Å²) in [6.07, 6.45) is 2.67. The molecule has 0 saturated heterocycles. The lowest BCUT2D eigenvalue weighted by Crippen LogP contribution is -2.29. The number of carbonyl (C=O) groups is 2. The van der Waals surface area contributed by atoms with Gasteiger partial charge in [-0.05, 0) is 72.9 Å². The van der Waals surface area contributed by atoms with E-state index in [4.69, 9.17) is 9.72 Å². The number of esters is 1. The van der Waals surface area contributed by atoms with Crippen molar-refractivity contribution in [2.24, 2.45) is 11.3 Å². The SMILES string of the molecule is Cc1cc(Br)ccc1NC(=O)COC(=O)c1c2c(nc3ccccc13)CCC(C(C)(C)C)C2. The van der Waals surface area contributed by atoms with Crippen LogP contribution in [-0.4, -0.2) is 23.5 Å². The number of aryl methyl sites for hydroxylation is 2. The average molecular weight is 509 g/mol. The standard InChI is InChI=1S/C27H29BrN2O3/c1-16-13-18(28)10-12-21(16)30-24(31)15-33-26(32)25-19-7-5-6-8-22(19)29-23-11-9-17(14-20(23)25)27(2,3)4/h5-8,10,12-13,17H,9,11,14-15H2,1-4H3,(H,30,31). The van der Waals surface area contributed by atoms with Gasteiger partial charge in [0.1, 0.15) is 0 Å². The van der Waals surface area contributed by atoms with Gasteiger partial charge in [0.15, 0.2) is 6.61 Å². The van der Waals surface area contributed by atoms with Crippen molar-refractivity contribution in [1.29, 1.82) is 0 Å². The number of rotatable bonds is 4. The lowest BCUT2D eigenvalue weighted by molar-refractivity contribution is -0.119. The minimum atomic E-state index is -0.470. The van der Waals surface area contributed by atoms with Crippen LogP contribution >= 0.6 is 15.9 Å². The number of hydrogen-bond acceptors (Lipinski definition) is 4. The van der Waals surface area contributed by atoms with Crippen LogP contribution in [0.25, 0.3) is 10.9 Å². The number of hydrogen-bond donors (Lipinski definition) is 1. The zero-order chi connectivity index (χ0) is 23.8. The summed E-state index contributed by atoms with van der Waals surface area (Å²) in [5, 5.41) is 3.60. The van der Waals surface area contributed by atoms with Crippen molar-refractivity contribution in [3.8, 4) is 0 Å². The molecule has 0 fully saturated rings. The van der Waals surface area contributed by atoms with Gasteiger partial charge in [-0.25, -0.2) is 4.79 Å². The van der Waals surface area contributed by atoms with E-state index in [9.17, 15) is 9.59 Å². The Morgan fingerprint density at radius 2 is 1.94 bits per heavy atom. The largest absolute Gasteiger partial charge is 0.452 e. The molecule has 33 heavy (non-hydrogen) atoms. The number of ether oxygens (including phenoxy) is 1. The third kappa shape index (κ3) is 5.11. The monoisotopic (exact) mass is 508 g/mol. The summed E-state index contributed by atoms with van der Waals surface area (Å²) in [5.41, 5.74) is 5.02. The van der Waals surface area contributed by atoms with Gasteiger partial charge in [-0.1, -0.05) is 54.9 Å². The number of fused-ring (bicyclic) bond motifs is 2. The van der Waals surface area contributed by atoms with Crippen LogP contribution in [0.1, 0.15) is 54.4 Å². The molecule has 4 rings (SSSR count). The zero-order valence-corrected chi connectivity index (χ0v) is 21.1. The zero-order valence-electron chi connectivity index (χ0n) is 19.5. The Morgan fingerprint density at radius 1 is 1.18 bits per heavy atom. The Bertz CT molecular complexity index is 1230. The van der Waals surface area contributed by atoms with Gasteiger partial charge < -0.3 is 10.1 Å². The second-order valence-corrected chi connectivity index (χ2v) is 10.7. The fraction of sp³-hybridized carbons (Fsp3) is 0.370. The highest BCUT2D eigenvalue weighted by molar-refractivity contribution is 9.10. The summed E-state index contributed by atoms with van der Waals surface area (Å²) in [5.74, 6) is -0.390. The second kappa shape index (κ2) is 9.26. The van der Waals surface area contributed by atoms with Gasteiger partial charge in [-0.3, -0.25) is 9.78 Å².